The molecule has 2 unspecified atom stereocenters. The van der Waals surface area contributed by atoms with Crippen LogP contribution in [0.1, 0.15) is 19.2 Å². The molecule has 1 saturated heterocycles. The van der Waals surface area contributed by atoms with Crippen LogP contribution in [0.4, 0.5) is 0 Å². The Bertz CT molecular complexity index is 325. The van der Waals surface area contributed by atoms with Gasteiger partial charge in [0.1, 0.15) is 12.2 Å². The highest BCUT2D eigenvalue weighted by atomic mass is 35.5. The van der Waals surface area contributed by atoms with E-state index >= 15 is 0 Å². The Hall–Kier alpha value is -0.610. The molecule has 1 fully saturated rings. The SMILES string of the molecule is CC1CCN(Cc2ncnn2C)CC1Cl. The van der Waals surface area contributed by atoms with Gasteiger partial charge >= 0.3 is 0 Å². The molecule has 0 aromatic carbocycles. The number of alkyl halides is 1. The highest BCUT2D eigenvalue weighted by molar-refractivity contribution is 6.21. The quantitative estimate of drug-likeness (QED) is 0.715. The molecule has 0 amide bonds. The lowest BCUT2D eigenvalue weighted by atomic mass is 9.99. The summed E-state index contributed by atoms with van der Waals surface area (Å²) in [6.45, 7) is 5.14. The predicted octanol–water partition coefficient (Wildman–Crippen LogP) is 1.26. The highest BCUT2D eigenvalue weighted by Gasteiger charge is 2.24. The van der Waals surface area contributed by atoms with Crippen LogP contribution in [0, 0.1) is 5.92 Å². The third kappa shape index (κ3) is 2.49. The minimum atomic E-state index is 0.270. The number of nitrogens with zero attached hydrogens (tertiary/aromatic N) is 4. The number of likely N-dealkylation sites (tertiary alicyclic amines) is 1. The summed E-state index contributed by atoms with van der Waals surface area (Å²) in [5, 5.41) is 4.33. The van der Waals surface area contributed by atoms with E-state index in [1.807, 2.05) is 11.7 Å². The van der Waals surface area contributed by atoms with Crippen molar-refractivity contribution in [2.24, 2.45) is 13.0 Å². The zero-order valence-corrected chi connectivity index (χ0v) is 9.98. The summed E-state index contributed by atoms with van der Waals surface area (Å²) in [6.07, 6.45) is 2.77. The number of piperidine rings is 1. The molecule has 0 spiro atoms. The van der Waals surface area contributed by atoms with Gasteiger partial charge in [-0.15, -0.1) is 11.6 Å². The van der Waals surface area contributed by atoms with Gasteiger partial charge in [-0.3, -0.25) is 9.58 Å². The normalized spacial score (nSPS) is 28.2. The molecule has 1 aliphatic rings. The predicted molar refractivity (Wildman–Crippen MR) is 59.7 cm³/mol. The van der Waals surface area contributed by atoms with Crippen LogP contribution in [0.3, 0.4) is 0 Å². The van der Waals surface area contributed by atoms with Crippen molar-refractivity contribution in [3.8, 4) is 0 Å². The van der Waals surface area contributed by atoms with Gasteiger partial charge in [0, 0.05) is 19.0 Å². The maximum Gasteiger partial charge on any atom is 0.140 e. The van der Waals surface area contributed by atoms with Gasteiger partial charge in [0.25, 0.3) is 0 Å². The van der Waals surface area contributed by atoms with Crippen LogP contribution in [-0.4, -0.2) is 38.1 Å². The molecule has 2 rings (SSSR count). The monoisotopic (exact) mass is 228 g/mol. The van der Waals surface area contributed by atoms with E-state index in [-0.39, 0.29) is 5.38 Å². The van der Waals surface area contributed by atoms with Gasteiger partial charge in [-0.25, -0.2) is 4.98 Å². The summed E-state index contributed by atoms with van der Waals surface area (Å²) < 4.78 is 1.82. The highest BCUT2D eigenvalue weighted by Crippen LogP contribution is 2.22. The third-order valence-electron chi connectivity index (χ3n) is 3.12. The van der Waals surface area contributed by atoms with Crippen LogP contribution in [-0.2, 0) is 13.6 Å². The van der Waals surface area contributed by atoms with Gasteiger partial charge < -0.3 is 0 Å². The number of aromatic nitrogens is 3. The third-order valence-corrected chi connectivity index (χ3v) is 3.69. The van der Waals surface area contributed by atoms with Gasteiger partial charge in [-0.2, -0.15) is 5.10 Å². The second kappa shape index (κ2) is 4.49. The molecule has 1 aromatic heterocycles. The molecular formula is C10H17ClN4. The average molecular weight is 229 g/mol. The number of hydrogen-bond acceptors (Lipinski definition) is 3. The van der Waals surface area contributed by atoms with Crippen LogP contribution in [0.25, 0.3) is 0 Å². The fraction of sp³-hybridized carbons (Fsp3) is 0.800. The number of hydrogen-bond donors (Lipinski definition) is 0. The van der Waals surface area contributed by atoms with E-state index in [0.717, 1.165) is 25.5 Å². The summed E-state index contributed by atoms with van der Waals surface area (Å²) in [6, 6.07) is 0. The van der Waals surface area contributed by atoms with E-state index in [4.69, 9.17) is 11.6 Å². The van der Waals surface area contributed by atoms with Crippen molar-refractivity contribution < 1.29 is 0 Å². The Kier molecular flexibility index (Phi) is 3.26. The van der Waals surface area contributed by atoms with Gasteiger partial charge in [0.15, 0.2) is 0 Å². The van der Waals surface area contributed by atoms with Crippen molar-refractivity contribution in [1.82, 2.24) is 19.7 Å². The summed E-state index contributed by atoms with van der Waals surface area (Å²) in [5.41, 5.74) is 0. The number of halogens is 1. The minimum Gasteiger partial charge on any atom is -0.294 e. The summed E-state index contributed by atoms with van der Waals surface area (Å²) in [5.74, 6) is 1.64. The fourth-order valence-corrected chi connectivity index (χ4v) is 2.21. The average Bonchev–Trinajstić information content (AvgIpc) is 2.59. The Morgan fingerprint density at radius 3 is 3.00 bits per heavy atom. The van der Waals surface area contributed by atoms with Crippen LogP contribution in [0.5, 0.6) is 0 Å². The van der Waals surface area contributed by atoms with Crippen molar-refractivity contribution in [2.75, 3.05) is 13.1 Å². The molecule has 2 atom stereocenters. The Balaban J connectivity index is 1.94. The lowest BCUT2D eigenvalue weighted by molar-refractivity contribution is 0.183. The van der Waals surface area contributed by atoms with E-state index < -0.39 is 0 Å². The van der Waals surface area contributed by atoms with Crippen LogP contribution in [0.15, 0.2) is 6.33 Å². The molecule has 15 heavy (non-hydrogen) atoms. The van der Waals surface area contributed by atoms with Crippen molar-refractivity contribution >= 4 is 11.6 Å². The van der Waals surface area contributed by atoms with E-state index in [9.17, 15) is 0 Å². The van der Waals surface area contributed by atoms with Gasteiger partial charge in [-0.05, 0) is 18.9 Å². The number of rotatable bonds is 2. The Labute approximate surface area is 95.2 Å². The summed E-state index contributed by atoms with van der Waals surface area (Å²) in [4.78, 5) is 6.57. The molecule has 0 saturated carbocycles. The minimum absolute atomic E-state index is 0.270. The van der Waals surface area contributed by atoms with Gasteiger partial charge in [0.05, 0.1) is 6.54 Å². The lowest BCUT2D eigenvalue weighted by Gasteiger charge is -2.33. The molecule has 1 aliphatic heterocycles. The maximum atomic E-state index is 6.26. The lowest BCUT2D eigenvalue weighted by Crippen LogP contribution is -2.40. The van der Waals surface area contributed by atoms with Gasteiger partial charge in [-0.1, -0.05) is 6.92 Å². The molecule has 5 heteroatoms. The van der Waals surface area contributed by atoms with E-state index in [1.54, 1.807) is 6.33 Å². The maximum absolute atomic E-state index is 6.26. The van der Waals surface area contributed by atoms with E-state index in [1.165, 1.54) is 6.42 Å². The van der Waals surface area contributed by atoms with Gasteiger partial charge in [0.2, 0.25) is 0 Å². The molecule has 1 aromatic rings. The molecule has 0 N–H and O–H groups in total. The molecule has 0 bridgehead atoms. The molecule has 2 heterocycles. The van der Waals surface area contributed by atoms with E-state index in [2.05, 4.69) is 21.9 Å². The van der Waals surface area contributed by atoms with Crippen LogP contribution < -0.4 is 0 Å². The zero-order chi connectivity index (χ0) is 10.8. The van der Waals surface area contributed by atoms with E-state index in [0.29, 0.717) is 5.92 Å². The van der Waals surface area contributed by atoms with Crippen molar-refractivity contribution in [3.63, 3.8) is 0 Å². The first-order valence-corrected chi connectivity index (χ1v) is 5.79. The van der Waals surface area contributed by atoms with Crippen LogP contribution in [0.2, 0.25) is 0 Å². The molecule has 84 valence electrons. The smallest absolute Gasteiger partial charge is 0.140 e. The summed E-state index contributed by atoms with van der Waals surface area (Å²) >= 11 is 6.26. The van der Waals surface area contributed by atoms with Crippen molar-refractivity contribution in [3.05, 3.63) is 12.2 Å². The number of aryl methyl sites for hydroxylation is 1. The largest absolute Gasteiger partial charge is 0.294 e. The zero-order valence-electron chi connectivity index (χ0n) is 9.23. The molecule has 4 nitrogen and oxygen atoms in total. The second-order valence-electron chi connectivity index (χ2n) is 4.32. The topological polar surface area (TPSA) is 34.0 Å². The van der Waals surface area contributed by atoms with Crippen molar-refractivity contribution in [2.45, 2.75) is 25.3 Å². The van der Waals surface area contributed by atoms with Crippen molar-refractivity contribution in [1.29, 1.82) is 0 Å². The molecule has 0 radical (unpaired) electrons. The molecule has 0 aliphatic carbocycles. The summed E-state index contributed by atoms with van der Waals surface area (Å²) in [7, 11) is 1.92. The second-order valence-corrected chi connectivity index (χ2v) is 4.88. The molecular weight excluding hydrogens is 212 g/mol. The Morgan fingerprint density at radius 1 is 1.60 bits per heavy atom. The fourth-order valence-electron chi connectivity index (χ4n) is 1.89. The first kappa shape index (κ1) is 10.9. The van der Waals surface area contributed by atoms with Crippen LogP contribution >= 0.6 is 11.6 Å². The first-order valence-electron chi connectivity index (χ1n) is 5.36. The standard InChI is InChI=1S/C10H17ClN4/c1-8-3-4-15(5-9(8)11)6-10-12-7-13-14(10)2/h7-9H,3-6H2,1-2H3. The first-order chi connectivity index (χ1) is 7.16. The Morgan fingerprint density at radius 2 is 2.40 bits per heavy atom.